The normalized spacial score (nSPS) is 13.4. The van der Waals surface area contributed by atoms with Crippen LogP contribution in [0.5, 0.6) is 5.75 Å². The molecule has 0 atom stereocenters. The molecule has 126 valence electrons. The van der Waals surface area contributed by atoms with Gasteiger partial charge in [0.1, 0.15) is 12.4 Å². The molecule has 0 unspecified atom stereocenters. The first-order valence-corrected chi connectivity index (χ1v) is 8.35. The fraction of sp³-hybridized carbons (Fsp3) is 0.316. The molecule has 0 aromatic heterocycles. The molecule has 2 aromatic rings. The highest BCUT2D eigenvalue weighted by Crippen LogP contribution is 2.27. The quantitative estimate of drug-likeness (QED) is 0.801. The van der Waals surface area contributed by atoms with Crippen molar-refractivity contribution in [3.05, 3.63) is 54.6 Å². The molecule has 0 saturated carbocycles. The molecule has 0 radical (unpaired) electrons. The first kappa shape index (κ1) is 16.2. The fourth-order valence-corrected chi connectivity index (χ4v) is 2.78. The van der Waals surface area contributed by atoms with Crippen LogP contribution in [0.25, 0.3) is 0 Å². The standard InChI is InChI=1S/C19H23N3O2/c23-19(21-12-14-24-16-7-2-1-3-8-16)15-22-13-6-11-20-17-9-4-5-10-18(17)22/h1-5,7-10,20H,6,11-15H2,(H,21,23). The van der Waals surface area contributed by atoms with Gasteiger partial charge in [-0.1, -0.05) is 30.3 Å². The van der Waals surface area contributed by atoms with Crippen LogP contribution in [0.2, 0.25) is 0 Å². The van der Waals surface area contributed by atoms with Crippen molar-refractivity contribution in [2.45, 2.75) is 6.42 Å². The summed E-state index contributed by atoms with van der Waals surface area (Å²) in [6.45, 7) is 3.14. The predicted octanol–water partition coefficient (Wildman–Crippen LogP) is 2.50. The lowest BCUT2D eigenvalue weighted by Crippen LogP contribution is -2.39. The molecule has 5 nitrogen and oxygen atoms in total. The van der Waals surface area contributed by atoms with E-state index in [9.17, 15) is 4.79 Å². The van der Waals surface area contributed by atoms with Gasteiger partial charge in [-0.25, -0.2) is 0 Å². The average Bonchev–Trinajstić information content (AvgIpc) is 2.82. The average molecular weight is 325 g/mol. The maximum atomic E-state index is 12.2. The zero-order chi connectivity index (χ0) is 16.6. The topological polar surface area (TPSA) is 53.6 Å². The summed E-state index contributed by atoms with van der Waals surface area (Å²) in [4.78, 5) is 14.3. The molecule has 0 saturated heterocycles. The summed E-state index contributed by atoms with van der Waals surface area (Å²) in [6, 6.07) is 17.7. The largest absolute Gasteiger partial charge is 0.492 e. The number of rotatable bonds is 6. The van der Waals surface area contributed by atoms with Crippen LogP contribution in [0, 0.1) is 0 Å². The highest BCUT2D eigenvalue weighted by atomic mass is 16.5. The van der Waals surface area contributed by atoms with Crippen LogP contribution in [-0.2, 0) is 4.79 Å². The van der Waals surface area contributed by atoms with Gasteiger partial charge in [0.05, 0.1) is 24.5 Å². The number of hydrogen-bond acceptors (Lipinski definition) is 4. The molecule has 0 fully saturated rings. The van der Waals surface area contributed by atoms with Crippen molar-refractivity contribution in [2.75, 3.05) is 43.0 Å². The number of fused-ring (bicyclic) bond motifs is 1. The summed E-state index contributed by atoms with van der Waals surface area (Å²) < 4.78 is 5.58. The smallest absolute Gasteiger partial charge is 0.239 e. The lowest BCUT2D eigenvalue weighted by Gasteiger charge is -2.23. The number of carbonyl (C=O) groups excluding carboxylic acids is 1. The number of nitrogens with zero attached hydrogens (tertiary/aromatic N) is 1. The molecular formula is C19H23N3O2. The van der Waals surface area contributed by atoms with E-state index in [1.807, 2.05) is 42.5 Å². The lowest BCUT2D eigenvalue weighted by molar-refractivity contribution is -0.119. The number of para-hydroxylation sites is 3. The van der Waals surface area contributed by atoms with Gasteiger partial charge in [0, 0.05) is 13.1 Å². The van der Waals surface area contributed by atoms with Gasteiger partial charge in [0.2, 0.25) is 5.91 Å². The first-order chi connectivity index (χ1) is 11.8. The second kappa shape index (κ2) is 8.24. The van der Waals surface area contributed by atoms with Crippen molar-refractivity contribution in [3.8, 4) is 5.75 Å². The minimum Gasteiger partial charge on any atom is -0.492 e. The zero-order valence-electron chi connectivity index (χ0n) is 13.7. The first-order valence-electron chi connectivity index (χ1n) is 8.35. The van der Waals surface area contributed by atoms with E-state index in [1.54, 1.807) is 0 Å². The Hall–Kier alpha value is -2.69. The number of amides is 1. The van der Waals surface area contributed by atoms with E-state index in [1.165, 1.54) is 0 Å². The molecule has 1 aliphatic rings. The van der Waals surface area contributed by atoms with E-state index < -0.39 is 0 Å². The molecule has 24 heavy (non-hydrogen) atoms. The van der Waals surface area contributed by atoms with E-state index >= 15 is 0 Å². The van der Waals surface area contributed by atoms with Gasteiger partial charge in [-0.05, 0) is 30.7 Å². The van der Waals surface area contributed by atoms with Crippen molar-refractivity contribution in [1.29, 1.82) is 0 Å². The van der Waals surface area contributed by atoms with Crippen LogP contribution in [-0.4, -0.2) is 38.7 Å². The number of benzene rings is 2. The van der Waals surface area contributed by atoms with E-state index in [2.05, 4.69) is 27.7 Å². The van der Waals surface area contributed by atoms with Crippen LogP contribution >= 0.6 is 0 Å². The third-order valence-electron chi connectivity index (χ3n) is 3.94. The van der Waals surface area contributed by atoms with Crippen LogP contribution in [0.4, 0.5) is 11.4 Å². The van der Waals surface area contributed by atoms with Gasteiger partial charge in [0.15, 0.2) is 0 Å². The minimum absolute atomic E-state index is 0.0170. The van der Waals surface area contributed by atoms with Crippen LogP contribution in [0.15, 0.2) is 54.6 Å². The third kappa shape index (κ3) is 4.41. The summed E-state index contributed by atoms with van der Waals surface area (Å²) in [5.41, 5.74) is 2.18. The molecule has 3 rings (SSSR count). The fourth-order valence-electron chi connectivity index (χ4n) is 2.78. The van der Waals surface area contributed by atoms with Gasteiger partial charge in [-0.3, -0.25) is 4.79 Å². The number of ether oxygens (including phenoxy) is 1. The molecular weight excluding hydrogens is 302 g/mol. The van der Waals surface area contributed by atoms with Crippen LogP contribution < -0.4 is 20.3 Å². The Morgan fingerprint density at radius 3 is 2.79 bits per heavy atom. The van der Waals surface area contributed by atoms with Gasteiger partial charge in [-0.2, -0.15) is 0 Å². The summed E-state index contributed by atoms with van der Waals surface area (Å²) in [5, 5.41) is 6.33. The highest BCUT2D eigenvalue weighted by Gasteiger charge is 2.16. The van der Waals surface area contributed by atoms with Crippen molar-refractivity contribution in [3.63, 3.8) is 0 Å². The Labute approximate surface area is 142 Å². The summed E-state index contributed by atoms with van der Waals surface area (Å²) >= 11 is 0. The van der Waals surface area contributed by atoms with E-state index in [4.69, 9.17) is 4.74 Å². The number of carbonyl (C=O) groups is 1. The molecule has 2 N–H and O–H groups in total. The van der Waals surface area contributed by atoms with Crippen LogP contribution in [0.3, 0.4) is 0 Å². The van der Waals surface area contributed by atoms with Gasteiger partial charge in [-0.15, -0.1) is 0 Å². The number of hydrogen-bond donors (Lipinski definition) is 2. The summed E-state index contributed by atoms with van der Waals surface area (Å²) in [6.07, 6.45) is 1.01. The number of anilines is 2. The maximum absolute atomic E-state index is 12.2. The lowest BCUT2D eigenvalue weighted by atomic mass is 10.2. The Morgan fingerprint density at radius 2 is 1.92 bits per heavy atom. The van der Waals surface area contributed by atoms with Crippen molar-refractivity contribution in [1.82, 2.24) is 5.32 Å². The molecule has 5 heteroatoms. The molecule has 2 aromatic carbocycles. The SMILES string of the molecule is O=C(CN1CCCNc2ccccc21)NCCOc1ccccc1. The minimum atomic E-state index is 0.0170. The summed E-state index contributed by atoms with van der Waals surface area (Å²) in [5.74, 6) is 0.836. The summed E-state index contributed by atoms with van der Waals surface area (Å²) in [7, 11) is 0. The Morgan fingerprint density at radius 1 is 1.12 bits per heavy atom. The Balaban J connectivity index is 1.46. The van der Waals surface area contributed by atoms with E-state index in [-0.39, 0.29) is 5.91 Å². The predicted molar refractivity (Wildman–Crippen MR) is 96.7 cm³/mol. The number of nitrogens with one attached hydrogen (secondary N) is 2. The molecule has 1 aliphatic heterocycles. The zero-order valence-corrected chi connectivity index (χ0v) is 13.7. The Bertz CT molecular complexity index is 661. The molecule has 0 spiro atoms. The molecule has 1 amide bonds. The van der Waals surface area contributed by atoms with Crippen molar-refractivity contribution >= 4 is 17.3 Å². The highest BCUT2D eigenvalue weighted by molar-refractivity contribution is 5.83. The third-order valence-corrected chi connectivity index (χ3v) is 3.94. The van der Waals surface area contributed by atoms with E-state index in [0.717, 1.165) is 36.6 Å². The van der Waals surface area contributed by atoms with E-state index in [0.29, 0.717) is 19.7 Å². The second-order valence-electron chi connectivity index (χ2n) is 5.73. The molecule has 1 heterocycles. The van der Waals surface area contributed by atoms with Crippen LogP contribution in [0.1, 0.15) is 6.42 Å². The maximum Gasteiger partial charge on any atom is 0.239 e. The molecule has 0 aliphatic carbocycles. The second-order valence-corrected chi connectivity index (χ2v) is 5.73. The van der Waals surface area contributed by atoms with Gasteiger partial charge in [0.25, 0.3) is 0 Å². The van der Waals surface area contributed by atoms with Crippen molar-refractivity contribution < 1.29 is 9.53 Å². The molecule has 0 bridgehead atoms. The van der Waals surface area contributed by atoms with Crippen molar-refractivity contribution in [2.24, 2.45) is 0 Å². The van der Waals surface area contributed by atoms with Gasteiger partial charge < -0.3 is 20.3 Å². The van der Waals surface area contributed by atoms with Gasteiger partial charge >= 0.3 is 0 Å². The monoisotopic (exact) mass is 325 g/mol. The Kier molecular flexibility index (Phi) is 5.56.